The van der Waals surface area contributed by atoms with Crippen LogP contribution in [0.2, 0.25) is 0 Å². The summed E-state index contributed by atoms with van der Waals surface area (Å²) in [5.41, 5.74) is -0.131. The summed E-state index contributed by atoms with van der Waals surface area (Å²) in [6.45, 7) is 3.92. The second-order valence-corrected chi connectivity index (χ2v) is 4.22. The number of aromatic nitrogens is 2. The van der Waals surface area contributed by atoms with Crippen molar-refractivity contribution in [3.8, 4) is 0 Å². The third-order valence-corrected chi connectivity index (χ3v) is 2.64. The maximum Gasteiger partial charge on any atom is 0.293 e. The molecule has 0 radical (unpaired) electrons. The SMILES string of the molecule is CCC(Nc1nccn(C)c1=O)C(C)Cl. The lowest BCUT2D eigenvalue weighted by atomic mass is 10.2. The van der Waals surface area contributed by atoms with Gasteiger partial charge in [-0.05, 0) is 13.3 Å². The number of anilines is 1. The van der Waals surface area contributed by atoms with Crippen LogP contribution in [0, 0.1) is 0 Å². The molecule has 1 aromatic rings. The molecule has 1 rings (SSSR count). The Bertz CT molecular complexity index is 375. The summed E-state index contributed by atoms with van der Waals surface area (Å²) in [6, 6.07) is 0.0641. The summed E-state index contributed by atoms with van der Waals surface area (Å²) in [5, 5.41) is 3.02. The largest absolute Gasteiger partial charge is 0.361 e. The van der Waals surface area contributed by atoms with E-state index in [4.69, 9.17) is 11.6 Å². The average Bonchev–Trinajstić information content (AvgIpc) is 2.19. The molecule has 2 atom stereocenters. The molecule has 4 nitrogen and oxygen atoms in total. The molecule has 0 saturated carbocycles. The second-order valence-electron chi connectivity index (χ2n) is 3.53. The molecule has 0 fully saturated rings. The molecule has 0 spiro atoms. The molecule has 1 N–H and O–H groups in total. The van der Waals surface area contributed by atoms with Crippen LogP contribution in [-0.2, 0) is 7.05 Å². The van der Waals surface area contributed by atoms with E-state index < -0.39 is 0 Å². The third kappa shape index (κ3) is 2.96. The van der Waals surface area contributed by atoms with Gasteiger partial charge in [0.05, 0.1) is 5.38 Å². The summed E-state index contributed by atoms with van der Waals surface area (Å²) in [6.07, 6.45) is 4.07. The lowest BCUT2D eigenvalue weighted by Gasteiger charge is -2.19. The van der Waals surface area contributed by atoms with Crippen molar-refractivity contribution in [1.82, 2.24) is 9.55 Å². The molecular weight excluding hydrogens is 214 g/mol. The van der Waals surface area contributed by atoms with Crippen molar-refractivity contribution in [2.75, 3.05) is 5.32 Å². The van der Waals surface area contributed by atoms with Gasteiger partial charge in [-0.25, -0.2) is 4.98 Å². The number of hydrogen-bond donors (Lipinski definition) is 1. The predicted octanol–water partition coefficient (Wildman–Crippen LogP) is 1.60. The Morgan fingerprint density at radius 2 is 2.33 bits per heavy atom. The Labute approximate surface area is 94.3 Å². The quantitative estimate of drug-likeness (QED) is 0.798. The second kappa shape index (κ2) is 5.16. The van der Waals surface area contributed by atoms with Gasteiger partial charge >= 0.3 is 0 Å². The van der Waals surface area contributed by atoms with Crippen molar-refractivity contribution >= 4 is 17.4 Å². The monoisotopic (exact) mass is 229 g/mol. The highest BCUT2D eigenvalue weighted by Crippen LogP contribution is 2.09. The molecule has 0 aliphatic heterocycles. The fourth-order valence-corrected chi connectivity index (χ4v) is 1.56. The topological polar surface area (TPSA) is 46.9 Å². The molecule has 15 heavy (non-hydrogen) atoms. The van der Waals surface area contributed by atoms with Crippen LogP contribution < -0.4 is 10.9 Å². The molecule has 0 saturated heterocycles. The Morgan fingerprint density at radius 1 is 1.67 bits per heavy atom. The van der Waals surface area contributed by atoms with E-state index in [0.29, 0.717) is 5.82 Å². The van der Waals surface area contributed by atoms with E-state index in [-0.39, 0.29) is 17.0 Å². The number of nitrogens with zero attached hydrogens (tertiary/aromatic N) is 2. The molecule has 0 amide bonds. The van der Waals surface area contributed by atoms with Gasteiger partial charge in [-0.3, -0.25) is 4.79 Å². The van der Waals surface area contributed by atoms with Gasteiger partial charge in [-0.1, -0.05) is 6.92 Å². The van der Waals surface area contributed by atoms with Gasteiger partial charge in [-0.15, -0.1) is 11.6 Å². The van der Waals surface area contributed by atoms with Crippen molar-refractivity contribution in [3.63, 3.8) is 0 Å². The van der Waals surface area contributed by atoms with E-state index in [1.807, 2.05) is 13.8 Å². The van der Waals surface area contributed by atoms with Gasteiger partial charge in [-0.2, -0.15) is 0 Å². The van der Waals surface area contributed by atoms with Gasteiger partial charge in [0.2, 0.25) is 0 Å². The molecule has 1 aromatic heterocycles. The average molecular weight is 230 g/mol. The van der Waals surface area contributed by atoms with E-state index in [2.05, 4.69) is 10.3 Å². The van der Waals surface area contributed by atoms with Crippen molar-refractivity contribution in [1.29, 1.82) is 0 Å². The molecule has 0 aromatic carbocycles. The molecular formula is C10H16ClN3O. The van der Waals surface area contributed by atoms with Crippen LogP contribution in [0.1, 0.15) is 20.3 Å². The zero-order chi connectivity index (χ0) is 11.4. The molecule has 0 aliphatic rings. The van der Waals surface area contributed by atoms with Crippen LogP contribution >= 0.6 is 11.6 Å². The number of aryl methyl sites for hydroxylation is 1. The van der Waals surface area contributed by atoms with Crippen LogP contribution in [0.15, 0.2) is 17.2 Å². The summed E-state index contributed by atoms with van der Waals surface area (Å²) in [7, 11) is 1.69. The molecule has 1 heterocycles. The van der Waals surface area contributed by atoms with Crippen molar-refractivity contribution in [3.05, 3.63) is 22.7 Å². The highest BCUT2D eigenvalue weighted by molar-refractivity contribution is 6.21. The molecule has 0 bridgehead atoms. The molecule has 0 aliphatic carbocycles. The summed E-state index contributed by atoms with van der Waals surface area (Å²) >= 11 is 5.99. The summed E-state index contributed by atoms with van der Waals surface area (Å²) in [4.78, 5) is 15.6. The maximum absolute atomic E-state index is 11.6. The first-order chi connectivity index (χ1) is 7.06. The minimum absolute atomic E-state index is 0.0401. The fraction of sp³-hybridized carbons (Fsp3) is 0.600. The lowest BCUT2D eigenvalue weighted by Crippen LogP contribution is -2.32. The number of rotatable bonds is 4. The van der Waals surface area contributed by atoms with Crippen molar-refractivity contribution in [2.45, 2.75) is 31.7 Å². The van der Waals surface area contributed by atoms with E-state index in [9.17, 15) is 4.79 Å². The van der Waals surface area contributed by atoms with Crippen LogP contribution in [0.5, 0.6) is 0 Å². The van der Waals surface area contributed by atoms with Gasteiger partial charge in [0.1, 0.15) is 0 Å². The maximum atomic E-state index is 11.6. The third-order valence-electron chi connectivity index (χ3n) is 2.33. The minimum Gasteiger partial charge on any atom is -0.361 e. The standard InChI is InChI=1S/C10H16ClN3O/c1-4-8(7(2)11)13-9-10(15)14(3)6-5-12-9/h5-8H,4H2,1-3H3,(H,12,13). The fourth-order valence-electron chi connectivity index (χ4n) is 1.31. The number of nitrogens with one attached hydrogen (secondary N) is 1. The van der Waals surface area contributed by atoms with E-state index in [0.717, 1.165) is 6.42 Å². The van der Waals surface area contributed by atoms with Crippen LogP contribution in [0.4, 0.5) is 5.82 Å². The number of hydrogen-bond acceptors (Lipinski definition) is 3. The normalized spacial score (nSPS) is 14.7. The highest BCUT2D eigenvalue weighted by atomic mass is 35.5. The first kappa shape index (κ1) is 12.0. The number of alkyl halides is 1. The molecule has 2 unspecified atom stereocenters. The summed E-state index contributed by atoms with van der Waals surface area (Å²) < 4.78 is 1.49. The van der Waals surface area contributed by atoms with Gasteiger partial charge in [0, 0.05) is 25.5 Å². The Kier molecular flexibility index (Phi) is 4.15. The zero-order valence-corrected chi connectivity index (χ0v) is 9.95. The Hall–Kier alpha value is -1.03. The first-order valence-corrected chi connectivity index (χ1v) is 5.42. The predicted molar refractivity (Wildman–Crippen MR) is 62.5 cm³/mol. The summed E-state index contributed by atoms with van der Waals surface area (Å²) in [5.74, 6) is 0.361. The van der Waals surface area contributed by atoms with Crippen LogP contribution in [0.3, 0.4) is 0 Å². The zero-order valence-electron chi connectivity index (χ0n) is 9.20. The van der Waals surface area contributed by atoms with E-state index >= 15 is 0 Å². The van der Waals surface area contributed by atoms with E-state index in [1.165, 1.54) is 4.57 Å². The van der Waals surface area contributed by atoms with E-state index in [1.54, 1.807) is 19.4 Å². The smallest absolute Gasteiger partial charge is 0.293 e. The minimum atomic E-state index is -0.131. The van der Waals surface area contributed by atoms with Gasteiger partial charge < -0.3 is 9.88 Å². The first-order valence-electron chi connectivity index (χ1n) is 4.98. The van der Waals surface area contributed by atoms with Crippen molar-refractivity contribution < 1.29 is 0 Å². The number of halogens is 1. The van der Waals surface area contributed by atoms with Gasteiger partial charge in [0.15, 0.2) is 5.82 Å². The molecule has 5 heteroatoms. The molecule has 84 valence electrons. The Morgan fingerprint density at radius 3 is 2.87 bits per heavy atom. The highest BCUT2D eigenvalue weighted by Gasteiger charge is 2.14. The lowest BCUT2D eigenvalue weighted by molar-refractivity contribution is 0.670. The Balaban J connectivity index is 2.89. The van der Waals surface area contributed by atoms with Gasteiger partial charge in [0.25, 0.3) is 5.56 Å². The van der Waals surface area contributed by atoms with Crippen LogP contribution in [-0.4, -0.2) is 21.0 Å². The van der Waals surface area contributed by atoms with Crippen molar-refractivity contribution in [2.24, 2.45) is 7.05 Å². The van der Waals surface area contributed by atoms with Crippen LogP contribution in [0.25, 0.3) is 0 Å².